The molecule has 2 heterocycles. The van der Waals surface area contributed by atoms with Gasteiger partial charge in [-0.3, -0.25) is 9.11 Å². The summed E-state index contributed by atoms with van der Waals surface area (Å²) in [6.07, 6.45) is 3.58. The number of anilines is 1. The van der Waals surface area contributed by atoms with Crippen LogP contribution < -0.4 is 19.1 Å². The van der Waals surface area contributed by atoms with Crippen LogP contribution in [0.2, 0.25) is 0 Å². The second kappa shape index (κ2) is 7.78. The second-order valence-corrected chi connectivity index (χ2v) is 10.9. The van der Waals surface area contributed by atoms with Gasteiger partial charge in [-0.05, 0) is 49.1 Å². The van der Waals surface area contributed by atoms with E-state index >= 15 is 0 Å². The molecule has 29 heavy (non-hydrogen) atoms. The van der Waals surface area contributed by atoms with Crippen LogP contribution in [0.5, 0.6) is 11.5 Å². The van der Waals surface area contributed by atoms with Gasteiger partial charge >= 0.3 is 0 Å². The Morgan fingerprint density at radius 1 is 1.21 bits per heavy atom. The molecule has 1 unspecified atom stereocenters. The average molecular weight is 440 g/mol. The molecule has 0 spiro atoms. The molecule has 4 N–H and O–H groups in total. The number of nitrogens with one attached hydrogen (secondary N) is 2. The van der Waals surface area contributed by atoms with E-state index in [2.05, 4.69) is 14.3 Å². The summed E-state index contributed by atoms with van der Waals surface area (Å²) in [5.74, 6) is 1.14. The van der Waals surface area contributed by atoms with E-state index in [1.54, 1.807) is 6.07 Å². The minimum absolute atomic E-state index is 0.0380. The van der Waals surface area contributed by atoms with Crippen LogP contribution in [0.15, 0.2) is 47.4 Å². The molecule has 0 bridgehead atoms. The number of nitrogens with zero attached hydrogens (tertiary/aromatic N) is 1. The molecule has 2 aromatic rings. The van der Waals surface area contributed by atoms with E-state index in [0.29, 0.717) is 29.4 Å². The predicted octanol–water partition coefficient (Wildman–Crippen LogP) is 3.12. The normalized spacial score (nSPS) is 21.3. The van der Waals surface area contributed by atoms with Crippen molar-refractivity contribution in [1.29, 1.82) is 0 Å². The number of ether oxygens (including phenoxy) is 1. The topological polar surface area (TPSA) is 111 Å². The van der Waals surface area contributed by atoms with Crippen LogP contribution >= 0.6 is 10.8 Å². The molecular weight excluding hydrogens is 414 g/mol. The van der Waals surface area contributed by atoms with Gasteiger partial charge in [-0.2, -0.15) is 4.72 Å². The molecule has 0 aromatic heterocycles. The highest BCUT2D eigenvalue weighted by molar-refractivity contribution is 8.22. The summed E-state index contributed by atoms with van der Waals surface area (Å²) in [6.45, 7) is 1.22. The third-order valence-corrected chi connectivity index (χ3v) is 7.31. The maximum absolute atomic E-state index is 11.1. The maximum Gasteiger partial charge on any atom is 0.208 e. The molecule has 158 valence electrons. The Kier molecular flexibility index (Phi) is 5.49. The molecule has 0 saturated carbocycles. The molecule has 1 fully saturated rings. The summed E-state index contributed by atoms with van der Waals surface area (Å²) in [5.41, 5.74) is 1.82. The molecule has 0 aliphatic carbocycles. The van der Waals surface area contributed by atoms with Gasteiger partial charge in [-0.25, -0.2) is 13.1 Å². The second-order valence-electron chi connectivity index (χ2n) is 7.31. The third-order valence-electron chi connectivity index (χ3n) is 5.04. The first-order chi connectivity index (χ1) is 13.7. The number of hydrogen-bond donors (Lipinski definition) is 4. The lowest BCUT2D eigenvalue weighted by atomic mass is 10.1. The fraction of sp³-hybridized carbons (Fsp3) is 0.368. The van der Waals surface area contributed by atoms with E-state index in [0.717, 1.165) is 36.9 Å². The summed E-state index contributed by atoms with van der Waals surface area (Å²) in [4.78, 5) is 2.62. The summed E-state index contributed by atoms with van der Waals surface area (Å²) < 4.78 is 54.6. The monoisotopic (exact) mass is 439 g/mol. The first-order valence-electron chi connectivity index (χ1n) is 9.39. The van der Waals surface area contributed by atoms with Crippen molar-refractivity contribution in [2.24, 2.45) is 0 Å². The van der Waals surface area contributed by atoms with Gasteiger partial charge in [-0.1, -0.05) is 12.1 Å². The Labute approximate surface area is 172 Å². The Bertz CT molecular complexity index is 995. The zero-order chi connectivity index (χ0) is 20.6. The van der Waals surface area contributed by atoms with Crippen LogP contribution in [0.1, 0.15) is 18.4 Å². The quantitative estimate of drug-likeness (QED) is 0.547. The molecule has 2 aromatic carbocycles. The molecule has 4 rings (SSSR count). The lowest BCUT2D eigenvalue weighted by Gasteiger charge is -2.46. The van der Waals surface area contributed by atoms with Crippen molar-refractivity contribution >= 4 is 26.5 Å². The van der Waals surface area contributed by atoms with E-state index in [4.69, 9.17) is 4.74 Å². The van der Waals surface area contributed by atoms with E-state index in [1.165, 1.54) is 0 Å². The Hall–Kier alpha value is -1.82. The molecule has 2 aliphatic rings. The van der Waals surface area contributed by atoms with Gasteiger partial charge in [0.15, 0.2) is 0 Å². The zero-order valence-electron chi connectivity index (χ0n) is 16.0. The van der Waals surface area contributed by atoms with Crippen molar-refractivity contribution in [2.75, 3.05) is 24.2 Å². The van der Waals surface area contributed by atoms with Gasteiger partial charge in [0.05, 0.1) is 18.1 Å². The Morgan fingerprint density at radius 3 is 2.66 bits per heavy atom. The van der Waals surface area contributed by atoms with Crippen LogP contribution in [0.25, 0.3) is 0 Å². The Balaban J connectivity index is 1.46. The summed E-state index contributed by atoms with van der Waals surface area (Å²) in [5, 5.41) is 0. The van der Waals surface area contributed by atoms with Crippen molar-refractivity contribution < 1.29 is 22.3 Å². The number of sulfonamides is 1. The highest BCUT2D eigenvalue weighted by Crippen LogP contribution is 2.55. The van der Waals surface area contributed by atoms with Crippen molar-refractivity contribution in [2.45, 2.75) is 30.3 Å². The SMILES string of the molecule is CS(=O)(=O)NCCc1ccc(Oc2ccc3c(c2)S(O)(O)NC2CCCN32)cc1. The lowest BCUT2D eigenvalue weighted by Crippen LogP contribution is -2.46. The van der Waals surface area contributed by atoms with Crippen molar-refractivity contribution in [1.82, 2.24) is 9.44 Å². The Morgan fingerprint density at radius 2 is 1.93 bits per heavy atom. The number of hydrogen-bond acceptors (Lipinski definition) is 7. The van der Waals surface area contributed by atoms with Gasteiger partial charge in [0.1, 0.15) is 16.4 Å². The summed E-state index contributed by atoms with van der Waals surface area (Å²) in [6, 6.07) is 12.8. The largest absolute Gasteiger partial charge is 0.457 e. The fourth-order valence-corrected chi connectivity index (χ4v) is 5.68. The van der Waals surface area contributed by atoms with E-state index in [1.807, 2.05) is 36.4 Å². The van der Waals surface area contributed by atoms with Gasteiger partial charge in [0.2, 0.25) is 10.0 Å². The first-order valence-corrected chi connectivity index (χ1v) is 12.8. The number of fused-ring (bicyclic) bond motifs is 3. The molecule has 8 nitrogen and oxygen atoms in total. The number of benzene rings is 2. The van der Waals surface area contributed by atoms with Crippen LogP contribution in [0, 0.1) is 0 Å². The van der Waals surface area contributed by atoms with E-state index in [9.17, 15) is 17.5 Å². The molecule has 0 amide bonds. The minimum Gasteiger partial charge on any atom is -0.457 e. The highest BCUT2D eigenvalue weighted by Gasteiger charge is 2.38. The summed E-state index contributed by atoms with van der Waals surface area (Å²) >= 11 is 0. The zero-order valence-corrected chi connectivity index (χ0v) is 17.7. The molecule has 1 atom stereocenters. The molecular formula is C19H25N3O5S2. The highest BCUT2D eigenvalue weighted by atomic mass is 32.3. The van der Waals surface area contributed by atoms with Gasteiger partial charge in [-0.15, -0.1) is 10.8 Å². The fourth-order valence-electron chi connectivity index (χ4n) is 3.69. The van der Waals surface area contributed by atoms with E-state index in [-0.39, 0.29) is 6.17 Å². The van der Waals surface area contributed by atoms with Crippen LogP contribution in [-0.2, 0) is 16.4 Å². The van der Waals surface area contributed by atoms with E-state index < -0.39 is 20.8 Å². The number of rotatable bonds is 6. The van der Waals surface area contributed by atoms with Crippen molar-refractivity contribution in [3.8, 4) is 11.5 Å². The smallest absolute Gasteiger partial charge is 0.208 e. The third kappa shape index (κ3) is 4.68. The van der Waals surface area contributed by atoms with Gasteiger partial charge in [0.25, 0.3) is 0 Å². The lowest BCUT2D eigenvalue weighted by molar-refractivity contribution is 0.440. The standard InChI is InChI=1S/C19H25N3O5S2/c1-28(23,24)20-11-10-14-4-6-15(7-5-14)27-16-8-9-17-18(13-16)29(25,26)21-19-3-2-12-22(17)19/h4-9,13,19-21,25-26H,2-3,10-12H2,1H3. The molecule has 0 radical (unpaired) electrons. The molecule has 1 saturated heterocycles. The van der Waals surface area contributed by atoms with Gasteiger partial charge in [0, 0.05) is 19.2 Å². The molecule has 10 heteroatoms. The first kappa shape index (κ1) is 20.5. The maximum atomic E-state index is 11.1. The van der Waals surface area contributed by atoms with Gasteiger partial charge < -0.3 is 9.64 Å². The van der Waals surface area contributed by atoms with Crippen LogP contribution in [0.4, 0.5) is 5.69 Å². The summed E-state index contributed by atoms with van der Waals surface area (Å²) in [7, 11) is -6.26. The van der Waals surface area contributed by atoms with Crippen LogP contribution in [-0.4, -0.2) is 43.0 Å². The predicted molar refractivity (Wildman–Crippen MR) is 114 cm³/mol. The van der Waals surface area contributed by atoms with Crippen molar-refractivity contribution in [3.05, 3.63) is 48.0 Å². The van der Waals surface area contributed by atoms with Crippen LogP contribution in [0.3, 0.4) is 0 Å². The average Bonchev–Trinajstić information content (AvgIpc) is 3.10. The molecule has 2 aliphatic heterocycles. The minimum atomic E-state index is -3.19. The van der Waals surface area contributed by atoms with Crippen molar-refractivity contribution in [3.63, 3.8) is 0 Å².